The van der Waals surface area contributed by atoms with Crippen molar-refractivity contribution in [2.24, 2.45) is 0 Å². The van der Waals surface area contributed by atoms with E-state index in [1.54, 1.807) is 12.3 Å². The second-order valence-electron chi connectivity index (χ2n) is 2.98. The Morgan fingerprint density at radius 1 is 1.62 bits per heavy atom. The SMILES string of the molecule is CC(C)OCc1cccnc1C#N. The molecule has 68 valence electrons. The number of nitriles is 1. The van der Waals surface area contributed by atoms with E-state index in [0.29, 0.717) is 12.3 Å². The average Bonchev–Trinajstić information content (AvgIpc) is 2.15. The third kappa shape index (κ3) is 2.85. The summed E-state index contributed by atoms with van der Waals surface area (Å²) in [4.78, 5) is 3.93. The van der Waals surface area contributed by atoms with Crippen molar-refractivity contribution >= 4 is 0 Å². The molecule has 3 nitrogen and oxygen atoms in total. The fourth-order valence-corrected chi connectivity index (χ4v) is 0.912. The molecule has 0 amide bonds. The van der Waals surface area contributed by atoms with Crippen LogP contribution >= 0.6 is 0 Å². The van der Waals surface area contributed by atoms with Gasteiger partial charge in [-0.2, -0.15) is 5.26 Å². The summed E-state index contributed by atoms with van der Waals surface area (Å²) in [6, 6.07) is 5.69. The molecule has 0 spiro atoms. The maximum absolute atomic E-state index is 8.72. The van der Waals surface area contributed by atoms with Crippen molar-refractivity contribution in [1.82, 2.24) is 4.98 Å². The predicted octanol–water partition coefficient (Wildman–Crippen LogP) is 1.88. The van der Waals surface area contributed by atoms with Crippen molar-refractivity contribution in [3.63, 3.8) is 0 Å². The molecular weight excluding hydrogens is 164 g/mol. The van der Waals surface area contributed by atoms with Gasteiger partial charge in [0.1, 0.15) is 11.8 Å². The zero-order valence-electron chi connectivity index (χ0n) is 7.82. The molecule has 13 heavy (non-hydrogen) atoms. The first-order chi connectivity index (χ1) is 6.24. The molecule has 0 aliphatic rings. The highest BCUT2D eigenvalue weighted by atomic mass is 16.5. The van der Waals surface area contributed by atoms with Gasteiger partial charge in [-0.15, -0.1) is 0 Å². The topological polar surface area (TPSA) is 45.9 Å². The molecule has 0 atom stereocenters. The molecule has 1 aromatic heterocycles. The summed E-state index contributed by atoms with van der Waals surface area (Å²) in [7, 11) is 0. The maximum atomic E-state index is 8.72. The van der Waals surface area contributed by atoms with Gasteiger partial charge >= 0.3 is 0 Å². The van der Waals surface area contributed by atoms with Gasteiger partial charge in [0.2, 0.25) is 0 Å². The Labute approximate surface area is 78.0 Å². The third-order valence-electron chi connectivity index (χ3n) is 1.57. The molecule has 1 aromatic rings. The lowest BCUT2D eigenvalue weighted by molar-refractivity contribution is 0.0654. The number of hydrogen-bond donors (Lipinski definition) is 0. The van der Waals surface area contributed by atoms with Crippen molar-refractivity contribution in [2.75, 3.05) is 0 Å². The highest BCUT2D eigenvalue weighted by Gasteiger charge is 2.02. The van der Waals surface area contributed by atoms with Crippen LogP contribution in [-0.2, 0) is 11.3 Å². The van der Waals surface area contributed by atoms with Crippen LogP contribution in [0.2, 0.25) is 0 Å². The Bertz CT molecular complexity index is 315. The van der Waals surface area contributed by atoms with Gasteiger partial charge in [-0.25, -0.2) is 4.98 Å². The molecule has 0 aliphatic carbocycles. The summed E-state index contributed by atoms with van der Waals surface area (Å²) in [6.45, 7) is 4.37. The number of pyridine rings is 1. The lowest BCUT2D eigenvalue weighted by Crippen LogP contribution is -2.04. The number of hydrogen-bond acceptors (Lipinski definition) is 3. The molecule has 1 rings (SSSR count). The van der Waals surface area contributed by atoms with Crippen LogP contribution in [0.3, 0.4) is 0 Å². The van der Waals surface area contributed by atoms with Crippen molar-refractivity contribution in [1.29, 1.82) is 5.26 Å². The Morgan fingerprint density at radius 3 is 3.00 bits per heavy atom. The fourth-order valence-electron chi connectivity index (χ4n) is 0.912. The first kappa shape index (κ1) is 9.69. The highest BCUT2D eigenvalue weighted by Crippen LogP contribution is 2.06. The zero-order chi connectivity index (χ0) is 9.68. The molecular formula is C10H12N2O. The molecule has 0 fully saturated rings. The second kappa shape index (κ2) is 4.58. The summed E-state index contributed by atoms with van der Waals surface area (Å²) >= 11 is 0. The Kier molecular flexibility index (Phi) is 3.41. The van der Waals surface area contributed by atoms with Crippen LogP contribution < -0.4 is 0 Å². The van der Waals surface area contributed by atoms with Gasteiger partial charge in [-0.05, 0) is 19.9 Å². The standard InChI is InChI=1S/C10H12N2O/c1-8(2)13-7-9-4-3-5-12-10(9)6-11/h3-5,8H,7H2,1-2H3. The normalized spacial score (nSPS) is 10.0. The van der Waals surface area contributed by atoms with E-state index in [0.717, 1.165) is 5.56 Å². The smallest absolute Gasteiger partial charge is 0.145 e. The minimum atomic E-state index is 0.173. The molecule has 3 heteroatoms. The van der Waals surface area contributed by atoms with Gasteiger partial charge in [-0.1, -0.05) is 6.07 Å². The predicted molar refractivity (Wildman–Crippen MR) is 48.9 cm³/mol. The molecule has 0 saturated heterocycles. The van der Waals surface area contributed by atoms with E-state index in [1.807, 2.05) is 26.0 Å². The van der Waals surface area contributed by atoms with Crippen molar-refractivity contribution in [3.8, 4) is 6.07 Å². The van der Waals surface area contributed by atoms with Crippen LogP contribution in [0.15, 0.2) is 18.3 Å². The minimum Gasteiger partial charge on any atom is -0.374 e. The molecule has 0 bridgehead atoms. The molecule has 1 heterocycles. The van der Waals surface area contributed by atoms with Gasteiger partial charge in [0.05, 0.1) is 12.7 Å². The molecule has 0 radical (unpaired) electrons. The lowest BCUT2D eigenvalue weighted by atomic mass is 10.2. The van der Waals surface area contributed by atoms with Crippen LogP contribution in [0.5, 0.6) is 0 Å². The monoisotopic (exact) mass is 176 g/mol. The van der Waals surface area contributed by atoms with E-state index in [-0.39, 0.29) is 6.10 Å². The van der Waals surface area contributed by atoms with E-state index in [4.69, 9.17) is 10.00 Å². The fraction of sp³-hybridized carbons (Fsp3) is 0.400. The third-order valence-corrected chi connectivity index (χ3v) is 1.57. The van der Waals surface area contributed by atoms with Crippen LogP contribution in [0.25, 0.3) is 0 Å². The van der Waals surface area contributed by atoms with Gasteiger partial charge in [-0.3, -0.25) is 0 Å². The van der Waals surface area contributed by atoms with Gasteiger partial charge in [0, 0.05) is 11.8 Å². The first-order valence-corrected chi connectivity index (χ1v) is 4.19. The van der Waals surface area contributed by atoms with Crippen LogP contribution in [0, 0.1) is 11.3 Å². The van der Waals surface area contributed by atoms with Gasteiger partial charge in [0.25, 0.3) is 0 Å². The van der Waals surface area contributed by atoms with E-state index in [9.17, 15) is 0 Å². The average molecular weight is 176 g/mol. The number of nitrogens with zero attached hydrogens (tertiary/aromatic N) is 2. The summed E-state index contributed by atoms with van der Waals surface area (Å²) in [6.07, 6.45) is 1.78. The summed E-state index contributed by atoms with van der Waals surface area (Å²) < 4.78 is 5.38. The highest BCUT2D eigenvalue weighted by molar-refractivity contribution is 5.29. The molecule has 0 aromatic carbocycles. The molecule has 0 unspecified atom stereocenters. The quantitative estimate of drug-likeness (QED) is 0.706. The van der Waals surface area contributed by atoms with Crippen LogP contribution in [0.1, 0.15) is 25.1 Å². The Balaban J connectivity index is 2.71. The maximum Gasteiger partial charge on any atom is 0.145 e. The Hall–Kier alpha value is -1.40. The van der Waals surface area contributed by atoms with Gasteiger partial charge in [0.15, 0.2) is 0 Å². The largest absolute Gasteiger partial charge is 0.374 e. The van der Waals surface area contributed by atoms with E-state index in [2.05, 4.69) is 4.98 Å². The van der Waals surface area contributed by atoms with Crippen LogP contribution in [0.4, 0.5) is 0 Å². The summed E-state index contributed by atoms with van der Waals surface area (Å²) in [5.41, 5.74) is 1.29. The van der Waals surface area contributed by atoms with E-state index < -0.39 is 0 Å². The number of ether oxygens (including phenoxy) is 1. The number of rotatable bonds is 3. The summed E-state index contributed by atoms with van der Waals surface area (Å²) in [5, 5.41) is 8.72. The lowest BCUT2D eigenvalue weighted by Gasteiger charge is -2.07. The van der Waals surface area contributed by atoms with E-state index in [1.165, 1.54) is 0 Å². The Morgan fingerprint density at radius 2 is 2.38 bits per heavy atom. The van der Waals surface area contributed by atoms with E-state index >= 15 is 0 Å². The minimum absolute atomic E-state index is 0.173. The number of aromatic nitrogens is 1. The summed E-state index contributed by atoms with van der Waals surface area (Å²) in [5.74, 6) is 0. The zero-order valence-corrected chi connectivity index (χ0v) is 7.82. The molecule has 0 N–H and O–H groups in total. The van der Waals surface area contributed by atoms with Crippen molar-refractivity contribution in [2.45, 2.75) is 26.6 Å². The first-order valence-electron chi connectivity index (χ1n) is 4.19. The van der Waals surface area contributed by atoms with Crippen molar-refractivity contribution < 1.29 is 4.74 Å². The molecule has 0 saturated carbocycles. The molecule has 0 aliphatic heterocycles. The van der Waals surface area contributed by atoms with Gasteiger partial charge < -0.3 is 4.74 Å². The van der Waals surface area contributed by atoms with Crippen LogP contribution in [-0.4, -0.2) is 11.1 Å². The second-order valence-corrected chi connectivity index (χ2v) is 2.98. The van der Waals surface area contributed by atoms with Crippen molar-refractivity contribution in [3.05, 3.63) is 29.6 Å².